The van der Waals surface area contributed by atoms with E-state index in [-0.39, 0.29) is 16.3 Å². The summed E-state index contributed by atoms with van der Waals surface area (Å²) in [4.78, 5) is 3.92. The van der Waals surface area contributed by atoms with Crippen LogP contribution in [0.1, 0.15) is 24.0 Å². The molecule has 2 aromatic rings. The van der Waals surface area contributed by atoms with Gasteiger partial charge in [0.1, 0.15) is 5.75 Å². The van der Waals surface area contributed by atoms with E-state index in [2.05, 4.69) is 21.2 Å². The van der Waals surface area contributed by atoms with Crippen LogP contribution in [0.4, 0.5) is 0 Å². The zero-order valence-electron chi connectivity index (χ0n) is 10.1. The molecule has 0 saturated carbocycles. The number of hydrogen-bond acceptors (Lipinski definition) is 4. The summed E-state index contributed by atoms with van der Waals surface area (Å²) in [6.07, 6.45) is 4.70. The van der Waals surface area contributed by atoms with Gasteiger partial charge in [0.2, 0.25) is 10.4 Å². The molecule has 3 rings (SSSR count). The molecule has 1 aromatic heterocycles. The Morgan fingerprint density at radius 1 is 1.00 bits per heavy atom. The maximum Gasteiger partial charge on any atom is 0.262 e. The van der Waals surface area contributed by atoms with E-state index in [4.69, 9.17) is 27.9 Å². The summed E-state index contributed by atoms with van der Waals surface area (Å²) in [5.41, 5.74) is 2.72. The zero-order chi connectivity index (χ0) is 13.2. The van der Waals surface area contributed by atoms with Gasteiger partial charge in [-0.15, -0.1) is 10.2 Å². The highest BCUT2D eigenvalue weighted by Crippen LogP contribution is 2.30. The predicted molar refractivity (Wildman–Crippen MR) is 73.0 cm³/mol. The maximum atomic E-state index is 5.87. The molecule has 1 aliphatic rings. The van der Waals surface area contributed by atoms with Crippen LogP contribution in [0.3, 0.4) is 0 Å². The Bertz CT molecular complexity index is 619. The summed E-state index contributed by atoms with van der Waals surface area (Å²) in [5.74, 6) is 0.872. The summed E-state index contributed by atoms with van der Waals surface area (Å²) >= 11 is 11.5. The van der Waals surface area contributed by atoms with E-state index in [1.165, 1.54) is 24.0 Å². The lowest BCUT2D eigenvalue weighted by atomic mass is 9.92. The fourth-order valence-corrected chi connectivity index (χ4v) is 2.46. The molecule has 0 fully saturated rings. The molecule has 0 saturated heterocycles. The third kappa shape index (κ3) is 2.80. The van der Waals surface area contributed by atoms with E-state index in [0.717, 1.165) is 12.8 Å². The van der Waals surface area contributed by atoms with E-state index < -0.39 is 0 Å². The van der Waals surface area contributed by atoms with E-state index in [9.17, 15) is 0 Å². The maximum absolute atomic E-state index is 5.87. The molecular formula is C13H11Cl2N3O. The monoisotopic (exact) mass is 295 g/mol. The molecule has 1 aromatic carbocycles. The lowest BCUT2D eigenvalue weighted by Gasteiger charge is -2.16. The number of hydrogen-bond donors (Lipinski definition) is 0. The number of halogens is 2. The van der Waals surface area contributed by atoms with Crippen LogP contribution in [-0.2, 0) is 12.8 Å². The van der Waals surface area contributed by atoms with Gasteiger partial charge in [-0.1, -0.05) is 17.7 Å². The Balaban J connectivity index is 1.89. The van der Waals surface area contributed by atoms with Crippen LogP contribution in [-0.4, -0.2) is 15.2 Å². The quantitative estimate of drug-likeness (QED) is 0.844. The fraction of sp³-hybridized carbons (Fsp3) is 0.308. The Labute approximate surface area is 120 Å². The van der Waals surface area contributed by atoms with Crippen LogP contribution in [0.5, 0.6) is 11.6 Å². The highest BCUT2D eigenvalue weighted by Gasteiger charge is 2.12. The summed E-state index contributed by atoms with van der Waals surface area (Å²) in [6, 6.07) is 6.03. The van der Waals surface area contributed by atoms with E-state index in [1.807, 2.05) is 12.1 Å². The van der Waals surface area contributed by atoms with Gasteiger partial charge in [0, 0.05) is 0 Å². The van der Waals surface area contributed by atoms with Crippen molar-refractivity contribution in [2.45, 2.75) is 25.7 Å². The third-order valence-electron chi connectivity index (χ3n) is 3.13. The Kier molecular flexibility index (Phi) is 3.53. The molecule has 0 atom stereocenters. The molecule has 4 nitrogen and oxygen atoms in total. The second kappa shape index (κ2) is 5.31. The predicted octanol–water partition coefficient (Wildman–Crippen LogP) is 3.85. The van der Waals surface area contributed by atoms with Crippen molar-refractivity contribution < 1.29 is 4.74 Å². The van der Waals surface area contributed by atoms with Crippen molar-refractivity contribution in [2.24, 2.45) is 0 Å². The molecule has 0 spiro atoms. The second-order valence-corrected chi connectivity index (χ2v) is 5.11. The molecule has 0 aliphatic heterocycles. The minimum Gasteiger partial charge on any atom is -0.436 e. The summed E-state index contributed by atoms with van der Waals surface area (Å²) in [7, 11) is 0. The van der Waals surface area contributed by atoms with Crippen LogP contribution in [0.25, 0.3) is 0 Å². The van der Waals surface area contributed by atoms with Crippen LogP contribution in [0, 0.1) is 0 Å². The normalized spacial score (nSPS) is 14.0. The summed E-state index contributed by atoms with van der Waals surface area (Å²) in [6.45, 7) is 0. The van der Waals surface area contributed by atoms with E-state index >= 15 is 0 Å². The lowest BCUT2D eigenvalue weighted by molar-refractivity contribution is 0.456. The molecule has 0 unspecified atom stereocenters. The second-order valence-electron chi connectivity index (χ2n) is 4.42. The van der Waals surface area contributed by atoms with Crippen molar-refractivity contribution in [3.63, 3.8) is 0 Å². The van der Waals surface area contributed by atoms with Gasteiger partial charge in [-0.05, 0) is 60.5 Å². The number of aryl methyl sites for hydroxylation is 2. The number of nitrogens with zero attached hydrogens (tertiary/aromatic N) is 3. The largest absolute Gasteiger partial charge is 0.436 e. The molecule has 0 amide bonds. The van der Waals surface area contributed by atoms with Crippen molar-refractivity contribution in [1.82, 2.24) is 15.2 Å². The van der Waals surface area contributed by atoms with Gasteiger partial charge in [-0.3, -0.25) is 0 Å². The SMILES string of the molecule is Clc1nnc(Cl)c(Oc2ccc3c(c2)CCCC3)n1. The van der Waals surface area contributed by atoms with Gasteiger partial charge in [0.05, 0.1) is 0 Å². The van der Waals surface area contributed by atoms with Crippen molar-refractivity contribution in [3.05, 3.63) is 39.8 Å². The first-order chi connectivity index (χ1) is 9.22. The lowest BCUT2D eigenvalue weighted by Crippen LogP contribution is -2.02. The zero-order valence-corrected chi connectivity index (χ0v) is 11.6. The highest BCUT2D eigenvalue weighted by molar-refractivity contribution is 6.31. The minimum absolute atomic E-state index is 0.0114. The van der Waals surface area contributed by atoms with Gasteiger partial charge < -0.3 is 4.74 Å². The van der Waals surface area contributed by atoms with Gasteiger partial charge in [-0.2, -0.15) is 4.98 Å². The number of benzene rings is 1. The first kappa shape index (κ1) is 12.6. The number of aromatic nitrogens is 3. The molecule has 19 heavy (non-hydrogen) atoms. The topological polar surface area (TPSA) is 47.9 Å². The number of ether oxygens (including phenoxy) is 1. The molecule has 0 bridgehead atoms. The highest BCUT2D eigenvalue weighted by atomic mass is 35.5. The first-order valence-electron chi connectivity index (χ1n) is 6.08. The smallest absolute Gasteiger partial charge is 0.262 e. The Morgan fingerprint density at radius 3 is 2.63 bits per heavy atom. The fourth-order valence-electron chi connectivity index (χ4n) is 2.23. The van der Waals surface area contributed by atoms with Crippen molar-refractivity contribution >= 4 is 23.2 Å². The van der Waals surface area contributed by atoms with Crippen molar-refractivity contribution in [2.75, 3.05) is 0 Å². The first-order valence-corrected chi connectivity index (χ1v) is 6.83. The average Bonchev–Trinajstić information content (AvgIpc) is 2.43. The van der Waals surface area contributed by atoms with Crippen molar-refractivity contribution in [1.29, 1.82) is 0 Å². The average molecular weight is 296 g/mol. The third-order valence-corrected chi connectivity index (χ3v) is 3.52. The molecule has 98 valence electrons. The van der Waals surface area contributed by atoms with Gasteiger partial charge >= 0.3 is 0 Å². The minimum atomic E-state index is 0.0114. The van der Waals surface area contributed by atoms with Crippen LogP contribution in [0.2, 0.25) is 10.4 Å². The molecule has 1 heterocycles. The molecule has 6 heteroatoms. The van der Waals surface area contributed by atoms with E-state index in [1.54, 1.807) is 0 Å². The van der Waals surface area contributed by atoms with Gasteiger partial charge in [0.25, 0.3) is 5.88 Å². The summed E-state index contributed by atoms with van der Waals surface area (Å²) in [5, 5.41) is 7.31. The Hall–Kier alpha value is -1.39. The van der Waals surface area contributed by atoms with Gasteiger partial charge in [-0.25, -0.2) is 0 Å². The number of rotatable bonds is 2. The van der Waals surface area contributed by atoms with Gasteiger partial charge in [0.15, 0.2) is 0 Å². The Morgan fingerprint density at radius 2 is 1.79 bits per heavy atom. The molecule has 0 N–H and O–H groups in total. The van der Waals surface area contributed by atoms with E-state index in [0.29, 0.717) is 5.75 Å². The van der Waals surface area contributed by atoms with Crippen LogP contribution >= 0.6 is 23.2 Å². The van der Waals surface area contributed by atoms with Crippen molar-refractivity contribution in [3.8, 4) is 11.6 Å². The van der Waals surface area contributed by atoms with Crippen LogP contribution in [0.15, 0.2) is 18.2 Å². The summed E-state index contributed by atoms with van der Waals surface area (Å²) < 4.78 is 5.63. The molecule has 0 radical (unpaired) electrons. The van der Waals surface area contributed by atoms with Crippen LogP contribution < -0.4 is 4.74 Å². The standard InChI is InChI=1S/C13H11Cl2N3O/c14-11-12(16-13(15)18-17-11)19-10-6-5-8-3-1-2-4-9(8)7-10/h5-7H,1-4H2. The number of fused-ring (bicyclic) bond motifs is 1. The molecule has 1 aliphatic carbocycles. The molecular weight excluding hydrogens is 285 g/mol.